The van der Waals surface area contributed by atoms with E-state index < -0.39 is 44.4 Å². The van der Waals surface area contributed by atoms with Crippen molar-refractivity contribution in [2.75, 3.05) is 16.4 Å². The second-order valence-electron chi connectivity index (χ2n) is 7.06. The van der Waals surface area contributed by atoms with Crippen molar-refractivity contribution in [3.8, 4) is 6.07 Å². The number of hydrogen-bond acceptors (Lipinski definition) is 6. The third-order valence-corrected chi connectivity index (χ3v) is 6.13. The van der Waals surface area contributed by atoms with E-state index in [1.54, 1.807) is 0 Å². The molecule has 0 aliphatic carbocycles. The molecule has 8 nitrogen and oxygen atoms in total. The number of amides is 2. The number of nitrogens with one attached hydrogen (secondary N) is 2. The number of sulfone groups is 1. The molecule has 2 aromatic rings. The van der Waals surface area contributed by atoms with Gasteiger partial charge in [0.2, 0.25) is 5.91 Å². The minimum atomic E-state index is -4.86. The topological polar surface area (TPSA) is 136 Å². The van der Waals surface area contributed by atoms with Gasteiger partial charge in [0.05, 0.1) is 27.8 Å². The Balaban J connectivity index is 0.00000544. The van der Waals surface area contributed by atoms with E-state index in [4.69, 9.17) is 5.26 Å². The fourth-order valence-electron chi connectivity index (χ4n) is 2.69. The molecular formula is C20H20F3N3O5S2. The lowest BCUT2D eigenvalue weighted by Crippen LogP contribution is -2.45. The Bertz CT molecular complexity index is 1190. The van der Waals surface area contributed by atoms with Crippen LogP contribution in [-0.4, -0.2) is 36.7 Å². The number of carbonyl (C=O) groups excluding carboxylic acids is 2. The molecule has 0 saturated heterocycles. The van der Waals surface area contributed by atoms with E-state index in [0.29, 0.717) is 11.8 Å². The molecule has 0 heterocycles. The lowest BCUT2D eigenvalue weighted by Gasteiger charge is -2.22. The SMILES string of the molecule is CC(=O)Nc1ccc(S(=O)(=O)C[C@@](C)(O)C(=O)Nc2ccc(C#N)c(C(F)(F)F)c2)cc1.S. The van der Waals surface area contributed by atoms with Crippen LogP contribution in [0.5, 0.6) is 0 Å². The zero-order valence-electron chi connectivity index (χ0n) is 17.3. The van der Waals surface area contributed by atoms with Crippen LogP contribution in [0.4, 0.5) is 24.5 Å². The molecule has 0 saturated carbocycles. The monoisotopic (exact) mass is 503 g/mol. The van der Waals surface area contributed by atoms with Crippen LogP contribution < -0.4 is 10.6 Å². The lowest BCUT2D eigenvalue weighted by molar-refractivity contribution is -0.137. The standard InChI is InChI=1S/C20H18F3N3O5S.H2S/c1-12(27)25-14-5-7-16(8-6-14)32(30,31)11-19(2,29)18(28)26-15-4-3-13(10-24)17(9-15)20(21,22)23;/h3-9,29H,11H2,1-2H3,(H,25,27)(H,26,28);1H2/t19-;/m1./s1. The van der Waals surface area contributed by atoms with Gasteiger partial charge in [0.15, 0.2) is 15.4 Å². The number of anilines is 2. The van der Waals surface area contributed by atoms with E-state index in [1.165, 1.54) is 37.3 Å². The molecule has 0 unspecified atom stereocenters. The lowest BCUT2D eigenvalue weighted by atomic mass is 10.1. The summed E-state index contributed by atoms with van der Waals surface area (Å²) in [4.78, 5) is 23.2. The quantitative estimate of drug-likeness (QED) is 0.555. The number of rotatable bonds is 6. The summed E-state index contributed by atoms with van der Waals surface area (Å²) in [6, 6.07) is 8.76. The average Bonchev–Trinajstić information content (AvgIpc) is 2.66. The smallest absolute Gasteiger partial charge is 0.379 e. The van der Waals surface area contributed by atoms with E-state index in [0.717, 1.165) is 19.1 Å². The van der Waals surface area contributed by atoms with Gasteiger partial charge in [-0.15, -0.1) is 0 Å². The fraction of sp³-hybridized carbons (Fsp3) is 0.250. The maximum atomic E-state index is 13.1. The van der Waals surface area contributed by atoms with Gasteiger partial charge in [0.1, 0.15) is 0 Å². The van der Waals surface area contributed by atoms with E-state index in [-0.39, 0.29) is 30.0 Å². The Kier molecular flexibility index (Phi) is 8.67. The van der Waals surface area contributed by atoms with Gasteiger partial charge in [0.25, 0.3) is 5.91 Å². The molecule has 0 spiro atoms. The van der Waals surface area contributed by atoms with Crippen LogP contribution in [0.3, 0.4) is 0 Å². The number of halogens is 3. The number of hydrogen-bond donors (Lipinski definition) is 3. The Morgan fingerprint density at radius 1 is 1.06 bits per heavy atom. The molecule has 33 heavy (non-hydrogen) atoms. The molecule has 3 N–H and O–H groups in total. The van der Waals surface area contributed by atoms with Crippen molar-refractivity contribution in [2.24, 2.45) is 0 Å². The zero-order valence-corrected chi connectivity index (χ0v) is 19.1. The Morgan fingerprint density at radius 3 is 2.09 bits per heavy atom. The number of nitrogens with zero attached hydrogens (tertiary/aromatic N) is 1. The Labute approximate surface area is 194 Å². The van der Waals surface area contributed by atoms with Crippen LogP contribution in [0.25, 0.3) is 0 Å². The molecule has 1 atom stereocenters. The number of aliphatic hydroxyl groups is 1. The summed E-state index contributed by atoms with van der Waals surface area (Å²) in [6.45, 7) is 2.17. The van der Waals surface area contributed by atoms with E-state index >= 15 is 0 Å². The van der Waals surface area contributed by atoms with Crippen molar-refractivity contribution in [2.45, 2.75) is 30.5 Å². The molecule has 2 rings (SSSR count). The molecule has 0 bridgehead atoms. The van der Waals surface area contributed by atoms with Gasteiger partial charge in [-0.2, -0.15) is 31.9 Å². The number of carbonyl (C=O) groups is 2. The molecule has 13 heteroatoms. The number of benzene rings is 2. The molecule has 0 aliphatic rings. The summed E-state index contributed by atoms with van der Waals surface area (Å²) in [5.74, 6) is -2.68. The number of nitriles is 1. The van der Waals surface area contributed by atoms with Gasteiger partial charge in [-0.1, -0.05) is 0 Å². The molecule has 0 radical (unpaired) electrons. The summed E-state index contributed by atoms with van der Waals surface area (Å²) in [5.41, 5.74) is -4.49. The highest BCUT2D eigenvalue weighted by atomic mass is 32.2. The largest absolute Gasteiger partial charge is 0.417 e. The van der Waals surface area contributed by atoms with Crippen molar-refractivity contribution in [3.05, 3.63) is 53.6 Å². The summed E-state index contributed by atoms with van der Waals surface area (Å²) < 4.78 is 64.4. The average molecular weight is 504 g/mol. The van der Waals surface area contributed by atoms with Crippen LogP contribution in [-0.2, 0) is 25.6 Å². The molecule has 0 aromatic heterocycles. The second-order valence-corrected chi connectivity index (χ2v) is 9.05. The Hall–Kier alpha value is -3.08. The van der Waals surface area contributed by atoms with E-state index in [2.05, 4.69) is 5.32 Å². The van der Waals surface area contributed by atoms with Crippen molar-refractivity contribution in [3.63, 3.8) is 0 Å². The molecule has 2 amide bonds. The van der Waals surface area contributed by atoms with Gasteiger partial charge in [-0.05, 0) is 49.4 Å². The van der Waals surface area contributed by atoms with Gasteiger partial charge >= 0.3 is 6.18 Å². The zero-order chi connectivity index (χ0) is 24.3. The summed E-state index contributed by atoms with van der Waals surface area (Å²) in [7, 11) is -4.19. The fourth-order valence-corrected chi connectivity index (χ4v) is 4.28. The maximum absolute atomic E-state index is 13.1. The maximum Gasteiger partial charge on any atom is 0.417 e. The normalized spacial score (nSPS) is 13.1. The molecule has 2 aromatic carbocycles. The summed E-state index contributed by atoms with van der Waals surface area (Å²) in [5, 5.41) is 23.7. The van der Waals surface area contributed by atoms with Crippen molar-refractivity contribution in [1.82, 2.24) is 0 Å². The van der Waals surface area contributed by atoms with Crippen LogP contribution in [0.1, 0.15) is 25.0 Å². The van der Waals surface area contributed by atoms with Crippen molar-refractivity contribution in [1.29, 1.82) is 5.26 Å². The molecule has 178 valence electrons. The summed E-state index contributed by atoms with van der Waals surface area (Å²) in [6.07, 6.45) is -4.86. The van der Waals surface area contributed by atoms with Gasteiger partial charge in [-0.25, -0.2) is 8.42 Å². The highest BCUT2D eigenvalue weighted by molar-refractivity contribution is 7.91. The molecular weight excluding hydrogens is 483 g/mol. The highest BCUT2D eigenvalue weighted by Gasteiger charge is 2.38. The van der Waals surface area contributed by atoms with Crippen LogP contribution >= 0.6 is 13.5 Å². The first-order valence-electron chi connectivity index (χ1n) is 8.91. The predicted octanol–water partition coefficient (Wildman–Crippen LogP) is 2.81. The van der Waals surface area contributed by atoms with E-state index in [1.807, 2.05) is 5.32 Å². The third kappa shape index (κ3) is 7.21. The first kappa shape index (κ1) is 28.0. The second kappa shape index (κ2) is 10.2. The minimum absolute atomic E-state index is 0. The predicted molar refractivity (Wildman–Crippen MR) is 119 cm³/mol. The van der Waals surface area contributed by atoms with Gasteiger partial charge in [-0.3, -0.25) is 9.59 Å². The van der Waals surface area contributed by atoms with Crippen LogP contribution in [0.2, 0.25) is 0 Å². The first-order chi connectivity index (χ1) is 14.7. The minimum Gasteiger partial charge on any atom is -0.379 e. The molecule has 0 fully saturated rings. The van der Waals surface area contributed by atoms with Crippen molar-refractivity contribution >= 4 is 46.5 Å². The Morgan fingerprint density at radius 2 is 1.61 bits per heavy atom. The van der Waals surface area contributed by atoms with Gasteiger partial charge < -0.3 is 15.7 Å². The van der Waals surface area contributed by atoms with Gasteiger partial charge in [0, 0.05) is 18.3 Å². The third-order valence-electron chi connectivity index (χ3n) is 4.20. The summed E-state index contributed by atoms with van der Waals surface area (Å²) >= 11 is 0. The number of alkyl halides is 3. The van der Waals surface area contributed by atoms with Crippen LogP contribution in [0.15, 0.2) is 47.4 Å². The molecule has 0 aliphatic heterocycles. The van der Waals surface area contributed by atoms with E-state index in [9.17, 15) is 36.3 Å². The first-order valence-corrected chi connectivity index (χ1v) is 10.6. The highest BCUT2D eigenvalue weighted by Crippen LogP contribution is 2.33. The van der Waals surface area contributed by atoms with Crippen LogP contribution in [0, 0.1) is 11.3 Å². The van der Waals surface area contributed by atoms with Crippen molar-refractivity contribution < 1.29 is 36.3 Å².